The molecule has 0 spiro atoms. The van der Waals surface area contributed by atoms with Gasteiger partial charge in [-0.2, -0.15) is 0 Å². The van der Waals surface area contributed by atoms with Crippen LogP contribution in [0.5, 0.6) is 0 Å². The maximum Gasteiger partial charge on any atom is 0.264 e. The van der Waals surface area contributed by atoms with Crippen LogP contribution >= 0.6 is 0 Å². The summed E-state index contributed by atoms with van der Waals surface area (Å²) in [7, 11) is -3.79. The number of carbonyl (C=O) groups is 1. The Balaban J connectivity index is 1.79. The highest BCUT2D eigenvalue weighted by atomic mass is 32.2. The quantitative estimate of drug-likeness (QED) is 0.473. The van der Waals surface area contributed by atoms with Crippen molar-refractivity contribution >= 4 is 32.8 Å². The number of carbonyl (C=O) groups excluding carboxylic acids is 1. The fourth-order valence-corrected chi connectivity index (χ4v) is 5.48. The van der Waals surface area contributed by atoms with E-state index in [1.165, 1.54) is 4.31 Å². The van der Waals surface area contributed by atoms with Crippen LogP contribution in [0.3, 0.4) is 0 Å². The van der Waals surface area contributed by atoms with Crippen LogP contribution < -0.4 is 4.31 Å². The lowest BCUT2D eigenvalue weighted by atomic mass is 9.98. The number of anilines is 1. The van der Waals surface area contributed by atoms with Crippen LogP contribution in [0.15, 0.2) is 71.6 Å². The molecule has 1 aliphatic rings. The van der Waals surface area contributed by atoms with E-state index in [-0.39, 0.29) is 24.2 Å². The number of benzene rings is 3. The first kappa shape index (κ1) is 18.7. The normalized spacial score (nSPS) is 16.7. The predicted molar refractivity (Wildman–Crippen MR) is 109 cm³/mol. The SMILES string of the molecule is O=CCOCC1CCc2ccccc2N1S(=O)(=O)c1ccc2ccccc2c1. The van der Waals surface area contributed by atoms with Crippen LogP contribution in [-0.2, 0) is 26.0 Å². The Hall–Kier alpha value is -2.70. The number of hydrogen-bond acceptors (Lipinski definition) is 4. The van der Waals surface area contributed by atoms with Crippen molar-refractivity contribution in [2.24, 2.45) is 0 Å². The smallest absolute Gasteiger partial charge is 0.264 e. The van der Waals surface area contributed by atoms with Gasteiger partial charge in [0.25, 0.3) is 10.0 Å². The number of aldehydes is 1. The van der Waals surface area contributed by atoms with Gasteiger partial charge in [-0.1, -0.05) is 48.5 Å². The zero-order valence-electron chi connectivity index (χ0n) is 15.3. The van der Waals surface area contributed by atoms with Crippen molar-refractivity contribution in [3.05, 3.63) is 72.3 Å². The second-order valence-electron chi connectivity index (χ2n) is 6.84. The molecule has 6 heteroatoms. The Kier molecular flexibility index (Phi) is 5.15. The highest BCUT2D eigenvalue weighted by molar-refractivity contribution is 7.92. The summed E-state index contributed by atoms with van der Waals surface area (Å²) in [5.74, 6) is 0. The first-order valence-electron chi connectivity index (χ1n) is 9.24. The topological polar surface area (TPSA) is 63.7 Å². The van der Waals surface area contributed by atoms with Gasteiger partial charge in [0.05, 0.1) is 23.2 Å². The van der Waals surface area contributed by atoms with Crippen LogP contribution in [-0.4, -0.2) is 34.0 Å². The molecular formula is C22H21NO4S. The minimum Gasteiger partial charge on any atom is -0.372 e. The molecule has 1 unspecified atom stereocenters. The molecule has 3 aromatic rings. The lowest BCUT2D eigenvalue weighted by molar-refractivity contribution is -0.112. The molecule has 0 aliphatic carbocycles. The van der Waals surface area contributed by atoms with Crippen molar-refractivity contribution in [1.29, 1.82) is 0 Å². The van der Waals surface area contributed by atoms with E-state index in [0.29, 0.717) is 18.4 Å². The molecule has 28 heavy (non-hydrogen) atoms. The first-order valence-corrected chi connectivity index (χ1v) is 10.7. The fourth-order valence-electron chi connectivity index (χ4n) is 3.74. The van der Waals surface area contributed by atoms with Crippen molar-refractivity contribution in [1.82, 2.24) is 0 Å². The third-order valence-corrected chi connectivity index (χ3v) is 6.94. The van der Waals surface area contributed by atoms with Gasteiger partial charge in [0.2, 0.25) is 0 Å². The molecule has 1 heterocycles. The van der Waals surface area contributed by atoms with Crippen molar-refractivity contribution in [3.63, 3.8) is 0 Å². The Morgan fingerprint density at radius 1 is 1.00 bits per heavy atom. The maximum atomic E-state index is 13.6. The molecule has 0 radical (unpaired) electrons. The van der Waals surface area contributed by atoms with Crippen LogP contribution in [0.2, 0.25) is 0 Å². The summed E-state index contributed by atoms with van der Waals surface area (Å²) in [5, 5.41) is 1.87. The molecule has 5 nitrogen and oxygen atoms in total. The number of hydrogen-bond donors (Lipinski definition) is 0. The number of para-hydroxylation sites is 1. The Morgan fingerprint density at radius 3 is 2.57 bits per heavy atom. The minimum absolute atomic E-state index is 0.0397. The van der Waals surface area contributed by atoms with E-state index in [1.807, 2.05) is 54.6 Å². The van der Waals surface area contributed by atoms with Crippen LogP contribution in [0.25, 0.3) is 10.8 Å². The molecule has 0 N–H and O–H groups in total. The fraction of sp³-hybridized carbons (Fsp3) is 0.227. The van der Waals surface area contributed by atoms with E-state index in [2.05, 4.69) is 0 Å². The summed E-state index contributed by atoms with van der Waals surface area (Å²) in [5.41, 5.74) is 1.68. The predicted octanol–water partition coefficient (Wildman–Crippen LogP) is 3.57. The van der Waals surface area contributed by atoms with Gasteiger partial charge in [0, 0.05) is 0 Å². The van der Waals surface area contributed by atoms with Gasteiger partial charge >= 0.3 is 0 Å². The standard InChI is InChI=1S/C22H21NO4S/c24-13-14-27-16-20-11-9-18-6-3-4-8-22(18)23(20)28(25,26)21-12-10-17-5-1-2-7-19(17)15-21/h1-8,10,12-13,15,20H,9,11,14,16H2. The molecule has 0 aromatic heterocycles. The van der Waals surface area contributed by atoms with Gasteiger partial charge in [-0.3, -0.25) is 4.31 Å². The molecule has 0 saturated heterocycles. The highest BCUT2D eigenvalue weighted by Crippen LogP contribution is 2.36. The summed E-state index contributed by atoms with van der Waals surface area (Å²) in [6, 6.07) is 20.1. The van der Waals surface area contributed by atoms with E-state index in [1.54, 1.807) is 12.1 Å². The lowest BCUT2D eigenvalue weighted by Gasteiger charge is -2.37. The second kappa shape index (κ2) is 7.73. The van der Waals surface area contributed by atoms with Crippen molar-refractivity contribution in [2.45, 2.75) is 23.8 Å². The Morgan fingerprint density at radius 2 is 1.75 bits per heavy atom. The molecule has 1 aliphatic heterocycles. The average Bonchev–Trinajstić information content (AvgIpc) is 2.73. The average molecular weight is 395 g/mol. The lowest BCUT2D eigenvalue weighted by Crippen LogP contribution is -2.46. The molecule has 1 atom stereocenters. The zero-order chi connectivity index (χ0) is 19.6. The second-order valence-corrected chi connectivity index (χ2v) is 8.65. The van der Waals surface area contributed by atoms with E-state index in [4.69, 9.17) is 4.74 Å². The van der Waals surface area contributed by atoms with E-state index in [9.17, 15) is 13.2 Å². The number of ether oxygens (including phenoxy) is 1. The van der Waals surface area contributed by atoms with Gasteiger partial charge in [0.15, 0.2) is 0 Å². The van der Waals surface area contributed by atoms with Crippen molar-refractivity contribution in [2.75, 3.05) is 17.5 Å². The highest BCUT2D eigenvalue weighted by Gasteiger charge is 2.36. The molecule has 144 valence electrons. The summed E-state index contributed by atoms with van der Waals surface area (Å²) in [4.78, 5) is 10.9. The van der Waals surface area contributed by atoms with Gasteiger partial charge in [-0.25, -0.2) is 8.42 Å². The van der Waals surface area contributed by atoms with Crippen molar-refractivity contribution in [3.8, 4) is 0 Å². The van der Waals surface area contributed by atoms with Gasteiger partial charge < -0.3 is 9.53 Å². The van der Waals surface area contributed by atoms with Gasteiger partial charge in [-0.05, 0) is 47.4 Å². The van der Waals surface area contributed by atoms with Crippen LogP contribution in [0, 0.1) is 0 Å². The maximum absolute atomic E-state index is 13.6. The van der Waals surface area contributed by atoms with Crippen LogP contribution in [0.4, 0.5) is 5.69 Å². The summed E-state index contributed by atoms with van der Waals surface area (Å²) >= 11 is 0. The molecule has 0 amide bonds. The Bertz CT molecular complexity index is 1110. The summed E-state index contributed by atoms with van der Waals surface area (Å²) in [6.07, 6.45) is 2.09. The molecule has 3 aromatic carbocycles. The molecule has 0 fully saturated rings. The number of rotatable bonds is 6. The Labute approximate surface area is 164 Å². The van der Waals surface area contributed by atoms with E-state index in [0.717, 1.165) is 22.8 Å². The number of fused-ring (bicyclic) bond motifs is 2. The molecule has 4 rings (SSSR count). The third-order valence-electron chi connectivity index (χ3n) is 5.08. The molecule has 0 bridgehead atoms. The number of sulfonamides is 1. The monoisotopic (exact) mass is 395 g/mol. The van der Waals surface area contributed by atoms with Gasteiger partial charge in [0.1, 0.15) is 12.9 Å². The number of nitrogens with zero attached hydrogens (tertiary/aromatic N) is 1. The van der Waals surface area contributed by atoms with Crippen molar-refractivity contribution < 1.29 is 17.9 Å². The zero-order valence-corrected chi connectivity index (χ0v) is 16.1. The van der Waals surface area contributed by atoms with Crippen LogP contribution in [0.1, 0.15) is 12.0 Å². The minimum atomic E-state index is -3.79. The van der Waals surface area contributed by atoms with E-state index >= 15 is 0 Å². The first-order chi connectivity index (χ1) is 13.6. The third kappa shape index (κ3) is 3.41. The largest absolute Gasteiger partial charge is 0.372 e. The number of aryl methyl sites for hydroxylation is 1. The van der Waals surface area contributed by atoms with Gasteiger partial charge in [-0.15, -0.1) is 0 Å². The molecule has 0 saturated carbocycles. The molecular weight excluding hydrogens is 374 g/mol. The van der Waals surface area contributed by atoms with E-state index < -0.39 is 10.0 Å². The summed E-state index contributed by atoms with van der Waals surface area (Å²) < 4.78 is 34.1. The summed E-state index contributed by atoms with van der Waals surface area (Å²) in [6.45, 7) is 0.141.